The molecular formula is C20H18FN7O. The molecule has 0 unspecified atom stereocenters. The molecule has 0 aliphatic carbocycles. The summed E-state index contributed by atoms with van der Waals surface area (Å²) in [6, 6.07) is 13.5. The molecule has 1 amide bonds. The highest BCUT2D eigenvalue weighted by molar-refractivity contribution is 6.04. The van der Waals surface area contributed by atoms with Gasteiger partial charge in [-0.15, -0.1) is 5.10 Å². The van der Waals surface area contributed by atoms with Gasteiger partial charge in [-0.25, -0.2) is 9.07 Å². The number of nitrogen functional groups attached to an aromatic ring is 1. The van der Waals surface area contributed by atoms with E-state index in [1.165, 1.54) is 10.7 Å². The molecule has 29 heavy (non-hydrogen) atoms. The van der Waals surface area contributed by atoms with Crippen LogP contribution in [0.5, 0.6) is 0 Å². The Kier molecular flexibility index (Phi) is 4.55. The largest absolute Gasteiger partial charge is 0.383 e. The average molecular weight is 391 g/mol. The molecule has 146 valence electrons. The number of carbonyl (C=O) groups excluding carboxylic acids is 1. The van der Waals surface area contributed by atoms with Crippen molar-refractivity contribution < 1.29 is 9.18 Å². The van der Waals surface area contributed by atoms with E-state index in [0.29, 0.717) is 22.6 Å². The Hall–Kier alpha value is -4.01. The number of nitrogens with two attached hydrogens (primary N) is 1. The number of nitrogens with zero attached hydrogens (tertiary/aromatic N) is 5. The molecule has 2 heterocycles. The molecule has 0 saturated heterocycles. The topological polar surface area (TPSA) is 104 Å². The van der Waals surface area contributed by atoms with Crippen molar-refractivity contribution in [3.63, 3.8) is 0 Å². The second kappa shape index (κ2) is 7.19. The molecule has 9 heteroatoms. The predicted molar refractivity (Wildman–Crippen MR) is 107 cm³/mol. The van der Waals surface area contributed by atoms with Crippen molar-refractivity contribution in [2.75, 3.05) is 11.1 Å². The van der Waals surface area contributed by atoms with Crippen molar-refractivity contribution in [3.05, 3.63) is 71.8 Å². The summed E-state index contributed by atoms with van der Waals surface area (Å²) in [4.78, 5) is 12.5. The highest BCUT2D eigenvalue weighted by Crippen LogP contribution is 2.32. The van der Waals surface area contributed by atoms with Crippen molar-refractivity contribution in [1.82, 2.24) is 24.8 Å². The van der Waals surface area contributed by atoms with E-state index in [0.717, 1.165) is 11.8 Å². The first-order valence-electron chi connectivity index (χ1n) is 8.81. The molecule has 0 radical (unpaired) electrons. The van der Waals surface area contributed by atoms with Crippen molar-refractivity contribution >= 4 is 17.5 Å². The lowest BCUT2D eigenvalue weighted by molar-refractivity contribution is 0.102. The lowest BCUT2D eigenvalue weighted by Crippen LogP contribution is -2.12. The fraction of sp³-hybridized carbons (Fsp3) is 0.100. The summed E-state index contributed by atoms with van der Waals surface area (Å²) in [7, 11) is 1.68. The van der Waals surface area contributed by atoms with E-state index >= 15 is 0 Å². The van der Waals surface area contributed by atoms with Gasteiger partial charge in [0.1, 0.15) is 11.6 Å². The van der Waals surface area contributed by atoms with Crippen LogP contribution >= 0.6 is 0 Å². The third-order valence-electron chi connectivity index (χ3n) is 4.39. The van der Waals surface area contributed by atoms with Gasteiger partial charge in [-0.1, -0.05) is 23.4 Å². The number of anilines is 2. The molecule has 4 rings (SSSR count). The smallest absolute Gasteiger partial charge is 0.257 e. The summed E-state index contributed by atoms with van der Waals surface area (Å²) in [5, 5.41) is 14.6. The minimum absolute atomic E-state index is 0.136. The maximum Gasteiger partial charge on any atom is 0.257 e. The minimum Gasteiger partial charge on any atom is -0.383 e. The molecule has 8 nitrogen and oxygen atoms in total. The van der Waals surface area contributed by atoms with Gasteiger partial charge in [-0.3, -0.25) is 9.48 Å². The molecule has 3 N–H and O–H groups in total. The van der Waals surface area contributed by atoms with E-state index in [2.05, 4.69) is 20.7 Å². The van der Waals surface area contributed by atoms with Crippen molar-refractivity contribution in [2.45, 2.75) is 6.92 Å². The molecular weight excluding hydrogens is 373 g/mol. The molecule has 4 aromatic rings. The number of nitrogens with one attached hydrogen (secondary N) is 1. The zero-order valence-corrected chi connectivity index (χ0v) is 15.8. The van der Waals surface area contributed by atoms with E-state index in [4.69, 9.17) is 5.73 Å². The number of carbonyl (C=O) groups is 1. The minimum atomic E-state index is -0.557. The third kappa shape index (κ3) is 3.57. The van der Waals surface area contributed by atoms with Crippen molar-refractivity contribution in [2.24, 2.45) is 7.05 Å². The first-order valence-corrected chi connectivity index (χ1v) is 8.81. The van der Waals surface area contributed by atoms with E-state index < -0.39 is 11.7 Å². The fourth-order valence-electron chi connectivity index (χ4n) is 3.13. The number of halogens is 1. The molecule has 0 atom stereocenters. The Morgan fingerprint density at radius 3 is 2.62 bits per heavy atom. The van der Waals surface area contributed by atoms with Crippen LogP contribution in [0.15, 0.2) is 54.7 Å². The van der Waals surface area contributed by atoms with Crippen molar-refractivity contribution in [3.8, 4) is 16.8 Å². The molecule has 0 aliphatic heterocycles. The normalized spacial score (nSPS) is 10.9. The van der Waals surface area contributed by atoms with Gasteiger partial charge in [0.2, 0.25) is 0 Å². The Balaban J connectivity index is 1.73. The molecule has 0 fully saturated rings. The maximum atomic E-state index is 14.3. The summed E-state index contributed by atoms with van der Waals surface area (Å²) in [5.41, 5.74) is 8.91. The number of para-hydroxylation sites is 1. The monoisotopic (exact) mass is 391 g/mol. The van der Waals surface area contributed by atoms with Crippen LogP contribution in [0.4, 0.5) is 16.0 Å². The summed E-state index contributed by atoms with van der Waals surface area (Å²) >= 11 is 0. The Labute approximate surface area is 165 Å². The molecule has 0 aliphatic rings. The summed E-state index contributed by atoms with van der Waals surface area (Å²) in [6.45, 7) is 1.79. The number of amides is 1. The molecule has 0 spiro atoms. The zero-order valence-electron chi connectivity index (χ0n) is 15.8. The predicted octanol–water partition coefficient (Wildman–Crippen LogP) is 2.95. The van der Waals surface area contributed by atoms with E-state index in [1.54, 1.807) is 30.9 Å². The number of benzene rings is 2. The van der Waals surface area contributed by atoms with Crippen LogP contribution < -0.4 is 11.1 Å². The second-order valence-corrected chi connectivity index (χ2v) is 6.55. The molecule has 2 aromatic heterocycles. The van der Waals surface area contributed by atoms with E-state index in [1.807, 2.05) is 30.3 Å². The number of rotatable bonds is 4. The molecule has 0 bridgehead atoms. The van der Waals surface area contributed by atoms with Gasteiger partial charge in [-0.2, -0.15) is 5.10 Å². The van der Waals surface area contributed by atoms with Gasteiger partial charge in [-0.05, 0) is 42.8 Å². The van der Waals surface area contributed by atoms with Crippen molar-refractivity contribution in [1.29, 1.82) is 0 Å². The lowest BCUT2D eigenvalue weighted by atomic mass is 10.0. The van der Waals surface area contributed by atoms with E-state index in [-0.39, 0.29) is 11.4 Å². The van der Waals surface area contributed by atoms with Crippen LogP contribution in [-0.4, -0.2) is 30.7 Å². The first-order chi connectivity index (χ1) is 13.9. The van der Waals surface area contributed by atoms with Crippen LogP contribution in [0, 0.1) is 12.7 Å². The second-order valence-electron chi connectivity index (χ2n) is 6.55. The van der Waals surface area contributed by atoms with Gasteiger partial charge >= 0.3 is 0 Å². The Morgan fingerprint density at radius 1 is 1.17 bits per heavy atom. The zero-order chi connectivity index (χ0) is 20.5. The van der Waals surface area contributed by atoms with Crippen LogP contribution in [-0.2, 0) is 7.05 Å². The quantitative estimate of drug-likeness (QED) is 0.557. The van der Waals surface area contributed by atoms with Gasteiger partial charge in [0.25, 0.3) is 5.91 Å². The Morgan fingerprint density at radius 2 is 1.93 bits per heavy atom. The number of aromatic nitrogens is 5. The molecule has 0 saturated carbocycles. The van der Waals surface area contributed by atoms with Crippen LogP contribution in [0.25, 0.3) is 16.8 Å². The first kappa shape index (κ1) is 18.4. The summed E-state index contributed by atoms with van der Waals surface area (Å²) < 4.78 is 17.4. The van der Waals surface area contributed by atoms with E-state index in [9.17, 15) is 9.18 Å². The third-order valence-corrected chi connectivity index (χ3v) is 4.39. The van der Waals surface area contributed by atoms with Gasteiger partial charge in [0, 0.05) is 18.2 Å². The van der Waals surface area contributed by atoms with Crippen LogP contribution in [0.2, 0.25) is 0 Å². The molecule has 2 aromatic carbocycles. The average Bonchev–Trinajstić information content (AvgIpc) is 3.24. The van der Waals surface area contributed by atoms with Crippen LogP contribution in [0.1, 0.15) is 16.1 Å². The number of aryl methyl sites for hydroxylation is 2. The summed E-state index contributed by atoms with van der Waals surface area (Å²) in [6.07, 6.45) is 1.55. The van der Waals surface area contributed by atoms with Crippen LogP contribution in [0.3, 0.4) is 0 Å². The lowest BCUT2D eigenvalue weighted by Gasteiger charge is -2.08. The highest BCUT2D eigenvalue weighted by Gasteiger charge is 2.18. The highest BCUT2D eigenvalue weighted by atomic mass is 19.1. The fourth-order valence-corrected chi connectivity index (χ4v) is 3.13. The standard InChI is InChI=1S/C20H18FN7O/c1-12-18(19(22)28(25-12)16-6-4-3-5-7-16)13-8-14(10-15(21)9-13)20(29)23-17-11-27(2)26-24-17/h3-11H,22H2,1-2H3,(H,23,29). The maximum absolute atomic E-state index is 14.3. The van der Waals surface area contributed by atoms with Gasteiger partial charge in [0.15, 0.2) is 5.82 Å². The number of hydrogen-bond donors (Lipinski definition) is 2. The SMILES string of the molecule is Cc1nn(-c2ccccc2)c(N)c1-c1cc(F)cc(C(=O)Nc2cn(C)nn2)c1. The summed E-state index contributed by atoms with van der Waals surface area (Å²) in [5.74, 6) is -0.425. The Bertz CT molecular complexity index is 1200. The number of hydrogen-bond acceptors (Lipinski definition) is 5. The van der Waals surface area contributed by atoms with Gasteiger partial charge in [0.05, 0.1) is 17.6 Å². The van der Waals surface area contributed by atoms with Gasteiger partial charge < -0.3 is 11.1 Å².